The van der Waals surface area contributed by atoms with Gasteiger partial charge in [-0.15, -0.1) is 11.3 Å². The lowest BCUT2D eigenvalue weighted by molar-refractivity contribution is 0.375. The molecule has 4 nitrogen and oxygen atoms in total. The van der Waals surface area contributed by atoms with Crippen molar-refractivity contribution in [3.63, 3.8) is 0 Å². The van der Waals surface area contributed by atoms with Gasteiger partial charge < -0.3 is 4.90 Å². The van der Waals surface area contributed by atoms with E-state index in [1.165, 1.54) is 23.3 Å². The Bertz CT molecular complexity index is 730. The lowest BCUT2D eigenvalue weighted by Gasteiger charge is -2.16. The lowest BCUT2D eigenvalue weighted by atomic mass is 9.97. The Balaban J connectivity index is 2.18. The second-order valence-electron chi connectivity index (χ2n) is 6.47. The van der Waals surface area contributed by atoms with Crippen LogP contribution in [0.15, 0.2) is 4.79 Å². The van der Waals surface area contributed by atoms with E-state index in [1.807, 2.05) is 18.7 Å². The van der Waals surface area contributed by atoms with Crippen molar-refractivity contribution in [3.05, 3.63) is 26.6 Å². The first-order valence-corrected chi connectivity index (χ1v) is 9.12. The molecule has 0 radical (unpaired) electrons. The van der Waals surface area contributed by atoms with Gasteiger partial charge in [0.1, 0.15) is 10.7 Å². The third-order valence-corrected chi connectivity index (χ3v) is 5.53. The molecule has 0 fully saturated rings. The fourth-order valence-corrected chi connectivity index (χ4v) is 4.50. The number of fused-ring (bicyclic) bond motifs is 3. The molecule has 22 heavy (non-hydrogen) atoms. The first kappa shape index (κ1) is 15.7. The molecule has 0 aliphatic heterocycles. The van der Waals surface area contributed by atoms with Crippen molar-refractivity contribution in [2.24, 2.45) is 0 Å². The highest BCUT2D eigenvalue weighted by Gasteiger charge is 2.21. The molecule has 0 spiro atoms. The van der Waals surface area contributed by atoms with E-state index in [4.69, 9.17) is 4.98 Å². The molecule has 2 aromatic heterocycles. The van der Waals surface area contributed by atoms with Crippen molar-refractivity contribution in [1.29, 1.82) is 0 Å². The molecule has 1 aliphatic rings. The van der Waals surface area contributed by atoms with Crippen LogP contribution in [0.25, 0.3) is 10.2 Å². The maximum absolute atomic E-state index is 13.1. The monoisotopic (exact) mass is 319 g/mol. The quantitative estimate of drug-likeness (QED) is 0.849. The summed E-state index contributed by atoms with van der Waals surface area (Å²) in [5, 5.41) is 0.915. The lowest BCUT2D eigenvalue weighted by Crippen LogP contribution is -2.28. The van der Waals surface area contributed by atoms with Crippen molar-refractivity contribution in [2.45, 2.75) is 58.5 Å². The number of thiophene rings is 1. The van der Waals surface area contributed by atoms with Gasteiger partial charge in [-0.3, -0.25) is 9.36 Å². The van der Waals surface area contributed by atoms with Crippen molar-refractivity contribution in [1.82, 2.24) is 14.5 Å². The van der Waals surface area contributed by atoms with E-state index in [9.17, 15) is 4.79 Å². The average molecular weight is 319 g/mol. The first-order chi connectivity index (χ1) is 10.6. The van der Waals surface area contributed by atoms with Crippen LogP contribution in [-0.2, 0) is 25.9 Å². The van der Waals surface area contributed by atoms with Crippen LogP contribution in [0.5, 0.6) is 0 Å². The Morgan fingerprint density at radius 1 is 1.27 bits per heavy atom. The molecule has 0 aromatic carbocycles. The number of nitrogens with zero attached hydrogens (tertiary/aromatic N) is 3. The van der Waals surface area contributed by atoms with E-state index in [-0.39, 0.29) is 5.56 Å². The largest absolute Gasteiger partial charge is 0.302 e. The number of rotatable bonds is 5. The van der Waals surface area contributed by atoms with Crippen LogP contribution in [0.3, 0.4) is 0 Å². The number of aryl methyl sites for hydroxylation is 2. The molecule has 2 heterocycles. The Hall–Kier alpha value is -1.20. The van der Waals surface area contributed by atoms with Crippen LogP contribution in [0.2, 0.25) is 0 Å². The molecule has 0 unspecified atom stereocenters. The third-order valence-electron chi connectivity index (χ3n) is 4.35. The summed E-state index contributed by atoms with van der Waals surface area (Å²) in [4.78, 5) is 22.4. The predicted molar refractivity (Wildman–Crippen MR) is 92.8 cm³/mol. The van der Waals surface area contributed by atoms with E-state index < -0.39 is 0 Å². The zero-order chi connectivity index (χ0) is 15.7. The summed E-state index contributed by atoms with van der Waals surface area (Å²) in [7, 11) is 4.06. The molecule has 0 saturated heterocycles. The second-order valence-corrected chi connectivity index (χ2v) is 7.55. The van der Waals surface area contributed by atoms with Crippen LogP contribution in [0.1, 0.15) is 48.9 Å². The number of hydrogen-bond acceptors (Lipinski definition) is 4. The Labute approximate surface area is 135 Å². The van der Waals surface area contributed by atoms with Gasteiger partial charge >= 0.3 is 0 Å². The maximum Gasteiger partial charge on any atom is 0.262 e. The van der Waals surface area contributed by atoms with E-state index >= 15 is 0 Å². The molecule has 0 saturated carbocycles. The number of aromatic nitrogens is 2. The summed E-state index contributed by atoms with van der Waals surface area (Å²) in [5.41, 5.74) is 1.49. The number of unbranched alkanes of at least 4 members (excludes halogenated alkanes) is 1. The van der Waals surface area contributed by atoms with Gasteiger partial charge in [0.05, 0.1) is 11.9 Å². The van der Waals surface area contributed by atoms with E-state index in [0.29, 0.717) is 0 Å². The van der Waals surface area contributed by atoms with E-state index in [1.54, 1.807) is 11.3 Å². The Morgan fingerprint density at radius 3 is 2.77 bits per heavy atom. The summed E-state index contributed by atoms with van der Waals surface area (Å²) in [6, 6.07) is 0. The minimum absolute atomic E-state index is 0.190. The standard InChI is InChI=1S/C17H25N3OS/c1-4-5-10-20-14(11-19(2)3)18-16-15(17(20)21)12-8-6-7-9-13(12)22-16/h4-11H2,1-3H3. The van der Waals surface area contributed by atoms with Crippen LogP contribution in [0, 0.1) is 0 Å². The molecular weight excluding hydrogens is 294 g/mol. The van der Waals surface area contributed by atoms with Gasteiger partial charge in [-0.25, -0.2) is 4.98 Å². The maximum atomic E-state index is 13.1. The summed E-state index contributed by atoms with van der Waals surface area (Å²) >= 11 is 1.74. The van der Waals surface area contributed by atoms with Gasteiger partial charge in [0.25, 0.3) is 5.56 Å². The van der Waals surface area contributed by atoms with Crippen LogP contribution < -0.4 is 5.56 Å². The minimum atomic E-state index is 0.190. The summed E-state index contributed by atoms with van der Waals surface area (Å²) in [6.07, 6.45) is 6.73. The normalized spacial score (nSPS) is 14.7. The SMILES string of the molecule is CCCCn1c(CN(C)C)nc2sc3c(c2c1=O)CCCC3. The summed E-state index contributed by atoms with van der Waals surface area (Å²) < 4.78 is 1.92. The fourth-order valence-electron chi connectivity index (χ4n) is 3.23. The van der Waals surface area contributed by atoms with Crippen molar-refractivity contribution in [2.75, 3.05) is 14.1 Å². The number of hydrogen-bond donors (Lipinski definition) is 0. The molecule has 1 aliphatic carbocycles. The van der Waals surface area contributed by atoms with Crippen molar-refractivity contribution >= 4 is 21.6 Å². The van der Waals surface area contributed by atoms with Gasteiger partial charge in [0.15, 0.2) is 0 Å². The van der Waals surface area contributed by atoms with Crippen LogP contribution in [0.4, 0.5) is 0 Å². The smallest absolute Gasteiger partial charge is 0.262 e. The van der Waals surface area contributed by atoms with Gasteiger partial charge in [0, 0.05) is 11.4 Å². The van der Waals surface area contributed by atoms with Crippen molar-refractivity contribution < 1.29 is 0 Å². The molecule has 2 aromatic rings. The Kier molecular flexibility index (Phi) is 4.64. The zero-order valence-corrected chi connectivity index (χ0v) is 14.6. The summed E-state index contributed by atoms with van der Waals surface area (Å²) in [6.45, 7) is 3.67. The molecule has 3 rings (SSSR count). The molecule has 0 bridgehead atoms. The average Bonchev–Trinajstić information content (AvgIpc) is 2.84. The van der Waals surface area contributed by atoms with Gasteiger partial charge in [-0.1, -0.05) is 13.3 Å². The van der Waals surface area contributed by atoms with Gasteiger partial charge in [-0.2, -0.15) is 0 Å². The highest BCUT2D eigenvalue weighted by molar-refractivity contribution is 7.18. The Morgan fingerprint density at radius 2 is 2.05 bits per heavy atom. The van der Waals surface area contributed by atoms with Crippen LogP contribution >= 0.6 is 11.3 Å². The third kappa shape index (κ3) is 2.84. The summed E-state index contributed by atoms with van der Waals surface area (Å²) in [5.74, 6) is 0.912. The van der Waals surface area contributed by atoms with E-state index in [2.05, 4.69) is 11.8 Å². The molecule has 0 amide bonds. The topological polar surface area (TPSA) is 38.1 Å². The fraction of sp³-hybridized carbons (Fsp3) is 0.647. The zero-order valence-electron chi connectivity index (χ0n) is 13.8. The molecule has 120 valence electrons. The molecule has 0 N–H and O–H groups in total. The first-order valence-electron chi connectivity index (χ1n) is 8.30. The van der Waals surface area contributed by atoms with Crippen molar-refractivity contribution in [3.8, 4) is 0 Å². The molecule has 0 atom stereocenters. The van der Waals surface area contributed by atoms with E-state index in [0.717, 1.165) is 54.8 Å². The van der Waals surface area contributed by atoms with Gasteiger partial charge in [0.2, 0.25) is 0 Å². The minimum Gasteiger partial charge on any atom is -0.302 e. The molecular formula is C17H25N3OS. The highest BCUT2D eigenvalue weighted by Crippen LogP contribution is 2.33. The van der Waals surface area contributed by atoms with Crippen LogP contribution in [-0.4, -0.2) is 28.5 Å². The van der Waals surface area contributed by atoms with Gasteiger partial charge in [-0.05, 0) is 51.8 Å². The molecule has 5 heteroatoms. The highest BCUT2D eigenvalue weighted by atomic mass is 32.1. The predicted octanol–water partition coefficient (Wildman–Crippen LogP) is 3.20. The second kappa shape index (κ2) is 6.50.